The lowest BCUT2D eigenvalue weighted by Gasteiger charge is -2.20. The lowest BCUT2D eigenvalue weighted by atomic mass is 10.1. The zero-order valence-corrected chi connectivity index (χ0v) is 20.7. The normalized spacial score (nSPS) is 12.2. The van der Waals surface area contributed by atoms with Gasteiger partial charge < -0.3 is 4.74 Å². The van der Waals surface area contributed by atoms with Crippen molar-refractivity contribution in [2.24, 2.45) is 4.36 Å². The molecule has 2 aromatic carbocycles. The van der Waals surface area contributed by atoms with E-state index in [2.05, 4.69) is 39.7 Å². The van der Waals surface area contributed by atoms with Crippen LogP contribution in [-0.4, -0.2) is 26.8 Å². The standard InChI is InChI=1S/C28H25N3O4S/c1-5-28(3,4)35-27(33)30-24-12-10-11-21(18-24)15-16-22-17-23(20-29-19-22)26(32)31-36(34,6-2)25-13-8-7-9-14-25/h5-14,17-20H,1-2H2,3-4H3,(H,30,33)/t36-/m0/s1. The molecule has 1 heterocycles. The second kappa shape index (κ2) is 11.3. The van der Waals surface area contributed by atoms with E-state index in [1.54, 1.807) is 68.4 Å². The first-order valence-corrected chi connectivity index (χ1v) is 12.4. The molecule has 0 spiro atoms. The van der Waals surface area contributed by atoms with Crippen LogP contribution >= 0.6 is 0 Å². The monoisotopic (exact) mass is 499 g/mol. The molecule has 0 aliphatic heterocycles. The molecule has 8 heteroatoms. The van der Waals surface area contributed by atoms with Gasteiger partial charge in [-0.25, -0.2) is 9.00 Å². The number of ether oxygens (including phenoxy) is 1. The Morgan fingerprint density at radius 3 is 2.44 bits per heavy atom. The van der Waals surface area contributed by atoms with E-state index in [0.717, 1.165) is 0 Å². The molecule has 1 aromatic heterocycles. The van der Waals surface area contributed by atoms with E-state index in [4.69, 9.17) is 4.74 Å². The summed E-state index contributed by atoms with van der Waals surface area (Å²) in [6.07, 6.45) is 3.76. The van der Waals surface area contributed by atoms with E-state index in [0.29, 0.717) is 21.7 Å². The van der Waals surface area contributed by atoms with Crippen LogP contribution in [0.25, 0.3) is 0 Å². The fourth-order valence-corrected chi connectivity index (χ4v) is 4.12. The fourth-order valence-electron chi connectivity index (χ4n) is 2.85. The van der Waals surface area contributed by atoms with Crippen molar-refractivity contribution in [1.29, 1.82) is 0 Å². The van der Waals surface area contributed by atoms with Crippen molar-refractivity contribution in [3.63, 3.8) is 0 Å². The van der Waals surface area contributed by atoms with Crippen LogP contribution in [0.3, 0.4) is 0 Å². The number of nitrogens with one attached hydrogen (secondary N) is 1. The molecule has 7 nitrogen and oxygen atoms in total. The van der Waals surface area contributed by atoms with Gasteiger partial charge in [-0.05, 0) is 56.3 Å². The number of carbonyl (C=O) groups is 2. The van der Waals surface area contributed by atoms with Crippen molar-refractivity contribution >= 4 is 27.4 Å². The van der Waals surface area contributed by atoms with Crippen LogP contribution in [0.2, 0.25) is 0 Å². The lowest BCUT2D eigenvalue weighted by Crippen LogP contribution is -2.28. The molecule has 0 fully saturated rings. The van der Waals surface area contributed by atoms with E-state index in [9.17, 15) is 13.8 Å². The number of rotatable bonds is 6. The highest BCUT2D eigenvalue weighted by Crippen LogP contribution is 2.17. The largest absolute Gasteiger partial charge is 0.439 e. The highest BCUT2D eigenvalue weighted by Gasteiger charge is 2.18. The Labute approximate surface area is 211 Å². The number of benzene rings is 2. The van der Waals surface area contributed by atoms with Crippen LogP contribution < -0.4 is 5.32 Å². The Kier molecular flexibility index (Phi) is 8.20. The zero-order chi connectivity index (χ0) is 26.2. The number of nitrogens with zero attached hydrogens (tertiary/aromatic N) is 2. The molecule has 1 atom stereocenters. The molecule has 0 aliphatic carbocycles. The summed E-state index contributed by atoms with van der Waals surface area (Å²) in [4.78, 5) is 29.3. The molecule has 0 saturated heterocycles. The molecule has 2 amide bonds. The Morgan fingerprint density at radius 2 is 1.75 bits per heavy atom. The number of aromatic nitrogens is 1. The summed E-state index contributed by atoms with van der Waals surface area (Å²) >= 11 is 0. The van der Waals surface area contributed by atoms with Crippen LogP contribution in [0.1, 0.15) is 35.3 Å². The molecular formula is C28H25N3O4S. The van der Waals surface area contributed by atoms with Crippen LogP contribution in [-0.2, 0) is 14.5 Å². The van der Waals surface area contributed by atoms with Gasteiger partial charge in [-0.3, -0.25) is 15.1 Å². The molecule has 3 rings (SSSR count). The summed E-state index contributed by atoms with van der Waals surface area (Å²) in [6, 6.07) is 16.9. The van der Waals surface area contributed by atoms with Crippen molar-refractivity contribution in [3.05, 3.63) is 114 Å². The number of carbonyl (C=O) groups excluding carboxylic acids is 2. The van der Waals surface area contributed by atoms with Crippen molar-refractivity contribution in [2.75, 3.05) is 5.32 Å². The topological polar surface area (TPSA) is 97.7 Å². The van der Waals surface area contributed by atoms with Gasteiger partial charge in [0, 0.05) is 34.6 Å². The number of hydrogen-bond acceptors (Lipinski definition) is 5. The molecule has 0 radical (unpaired) electrons. The van der Waals surface area contributed by atoms with Crippen molar-refractivity contribution in [2.45, 2.75) is 24.3 Å². The number of pyridine rings is 1. The zero-order valence-electron chi connectivity index (χ0n) is 19.9. The SMILES string of the molecule is C=CC(C)(C)OC(=O)Nc1cccc(C#Cc2cncc(C(=O)N=[S@](=O)(C=C)c3ccccc3)c2)c1. The molecule has 0 aliphatic rings. The van der Waals surface area contributed by atoms with E-state index in [1.807, 2.05) is 0 Å². The molecule has 0 saturated carbocycles. The van der Waals surface area contributed by atoms with Crippen molar-refractivity contribution in [1.82, 2.24) is 4.98 Å². The Balaban J connectivity index is 1.80. The predicted molar refractivity (Wildman–Crippen MR) is 141 cm³/mol. The first kappa shape index (κ1) is 26.1. The summed E-state index contributed by atoms with van der Waals surface area (Å²) in [5.41, 5.74) is 0.939. The third kappa shape index (κ3) is 7.01. The summed E-state index contributed by atoms with van der Waals surface area (Å²) in [7, 11) is -3.12. The average Bonchev–Trinajstić information content (AvgIpc) is 2.88. The quantitative estimate of drug-likeness (QED) is 0.341. The molecule has 36 heavy (non-hydrogen) atoms. The minimum Gasteiger partial charge on any atom is -0.439 e. The lowest BCUT2D eigenvalue weighted by molar-refractivity contribution is 0.0842. The first-order chi connectivity index (χ1) is 17.1. The van der Waals surface area contributed by atoms with Gasteiger partial charge in [-0.15, -0.1) is 4.36 Å². The van der Waals surface area contributed by atoms with Gasteiger partial charge in [0.1, 0.15) is 15.3 Å². The highest BCUT2D eigenvalue weighted by molar-refractivity contribution is 7.96. The van der Waals surface area contributed by atoms with Gasteiger partial charge in [0.15, 0.2) is 0 Å². The van der Waals surface area contributed by atoms with E-state index in [-0.39, 0.29) is 5.56 Å². The summed E-state index contributed by atoms with van der Waals surface area (Å²) in [5.74, 6) is 5.22. The third-order valence-corrected chi connectivity index (χ3v) is 6.65. The van der Waals surface area contributed by atoms with Crippen LogP contribution in [0.15, 0.2) is 107 Å². The Morgan fingerprint density at radius 1 is 1.03 bits per heavy atom. The minimum atomic E-state index is -3.12. The average molecular weight is 500 g/mol. The third-order valence-electron chi connectivity index (χ3n) is 4.82. The molecule has 182 valence electrons. The summed E-state index contributed by atoms with van der Waals surface area (Å²) in [5, 5.41) is 3.83. The van der Waals surface area contributed by atoms with E-state index >= 15 is 0 Å². The van der Waals surface area contributed by atoms with Crippen LogP contribution in [0, 0.1) is 11.8 Å². The molecule has 3 aromatic rings. The van der Waals surface area contributed by atoms with Gasteiger partial charge in [-0.2, -0.15) is 0 Å². The molecule has 0 unspecified atom stereocenters. The Hall–Kier alpha value is -4.48. The van der Waals surface area contributed by atoms with E-state index < -0.39 is 27.3 Å². The van der Waals surface area contributed by atoms with Crippen molar-refractivity contribution in [3.8, 4) is 11.8 Å². The maximum atomic E-state index is 13.1. The van der Waals surface area contributed by atoms with Crippen LogP contribution in [0.5, 0.6) is 0 Å². The second-order valence-corrected chi connectivity index (χ2v) is 10.2. The highest BCUT2D eigenvalue weighted by atomic mass is 32.2. The van der Waals surface area contributed by atoms with E-state index in [1.165, 1.54) is 29.9 Å². The number of anilines is 1. The predicted octanol–water partition coefficient (Wildman–Crippen LogP) is 5.81. The maximum absolute atomic E-state index is 13.1. The number of amides is 2. The minimum absolute atomic E-state index is 0.148. The molecular weight excluding hydrogens is 474 g/mol. The molecule has 1 N–H and O–H groups in total. The van der Waals surface area contributed by atoms with Gasteiger partial charge in [0.25, 0.3) is 5.91 Å². The van der Waals surface area contributed by atoms with Gasteiger partial charge in [-0.1, -0.05) is 49.3 Å². The number of hydrogen-bond donors (Lipinski definition) is 1. The first-order valence-electron chi connectivity index (χ1n) is 10.8. The summed E-state index contributed by atoms with van der Waals surface area (Å²) < 4.78 is 22.3. The fraction of sp³-hybridized carbons (Fsp3) is 0.107. The second-order valence-electron chi connectivity index (χ2n) is 8.06. The van der Waals surface area contributed by atoms with Crippen LogP contribution in [0.4, 0.5) is 10.5 Å². The van der Waals surface area contributed by atoms with Gasteiger partial charge in [0.2, 0.25) is 0 Å². The van der Waals surface area contributed by atoms with Gasteiger partial charge in [0.05, 0.1) is 10.5 Å². The van der Waals surface area contributed by atoms with Crippen molar-refractivity contribution < 1.29 is 18.5 Å². The smallest absolute Gasteiger partial charge is 0.412 e. The maximum Gasteiger partial charge on any atom is 0.412 e. The molecule has 0 bridgehead atoms. The van der Waals surface area contributed by atoms with Gasteiger partial charge >= 0.3 is 6.09 Å². The Bertz CT molecular complexity index is 1490. The summed E-state index contributed by atoms with van der Waals surface area (Å²) in [6.45, 7) is 10.7.